The first-order valence-electron chi connectivity index (χ1n) is 10.3. The number of para-hydroxylation sites is 1. The third kappa shape index (κ3) is 2.56. The van der Waals surface area contributed by atoms with Crippen molar-refractivity contribution in [3.63, 3.8) is 0 Å². The number of rotatable bonds is 3. The van der Waals surface area contributed by atoms with Crippen molar-refractivity contribution < 1.29 is 19.2 Å². The van der Waals surface area contributed by atoms with Crippen molar-refractivity contribution in [1.29, 1.82) is 0 Å². The zero-order valence-corrected chi connectivity index (χ0v) is 18.3. The van der Waals surface area contributed by atoms with Crippen LogP contribution in [0.4, 0.5) is 5.69 Å². The highest BCUT2D eigenvalue weighted by Gasteiger charge is 2.44. The van der Waals surface area contributed by atoms with E-state index < -0.39 is 0 Å². The van der Waals surface area contributed by atoms with Gasteiger partial charge in [0.25, 0.3) is 0 Å². The second-order valence-electron chi connectivity index (χ2n) is 8.71. The van der Waals surface area contributed by atoms with Crippen LogP contribution in [0.5, 0.6) is 5.75 Å². The summed E-state index contributed by atoms with van der Waals surface area (Å²) in [6.45, 7) is 4.20. The molecule has 5 heteroatoms. The van der Waals surface area contributed by atoms with Gasteiger partial charge in [-0.3, -0.25) is 4.79 Å². The molecule has 0 saturated heterocycles. The van der Waals surface area contributed by atoms with Crippen molar-refractivity contribution >= 4 is 33.7 Å². The number of ketones is 1. The lowest BCUT2D eigenvalue weighted by Gasteiger charge is -2.30. The summed E-state index contributed by atoms with van der Waals surface area (Å²) in [7, 11) is 5.54. The summed E-state index contributed by atoms with van der Waals surface area (Å²) in [6, 6.07) is 13.8. The van der Waals surface area contributed by atoms with E-state index in [0.717, 1.165) is 33.6 Å². The maximum atomic E-state index is 13.1. The van der Waals surface area contributed by atoms with E-state index >= 15 is 0 Å². The maximum Gasteiger partial charge on any atom is 0.209 e. The van der Waals surface area contributed by atoms with Gasteiger partial charge in [-0.15, -0.1) is 0 Å². The molecule has 0 saturated carbocycles. The molecule has 2 aliphatic rings. The lowest BCUT2D eigenvalue weighted by Crippen LogP contribution is -2.33. The molecule has 1 aliphatic heterocycles. The molecule has 5 nitrogen and oxygen atoms in total. The summed E-state index contributed by atoms with van der Waals surface area (Å²) >= 11 is 0. The number of aromatic nitrogens is 1. The van der Waals surface area contributed by atoms with Gasteiger partial charge in [0.05, 0.1) is 12.5 Å². The minimum absolute atomic E-state index is 0.188. The Bertz CT molecular complexity index is 1380. The molecule has 0 fully saturated rings. The monoisotopic (exact) mass is 412 g/mol. The van der Waals surface area contributed by atoms with Crippen LogP contribution in [0, 0.1) is 0 Å². The topological polar surface area (TPSA) is 57.3 Å². The maximum absolute atomic E-state index is 13.1. The number of benzene rings is 2. The van der Waals surface area contributed by atoms with Gasteiger partial charge in [-0.2, -0.15) is 4.58 Å². The molecule has 3 aromatic rings. The average molecular weight is 412 g/mol. The molecule has 31 heavy (non-hydrogen) atoms. The van der Waals surface area contributed by atoms with Crippen molar-refractivity contribution in [2.24, 2.45) is 7.05 Å². The number of nitrogens with zero attached hydrogens (tertiary/aromatic N) is 2. The first-order chi connectivity index (χ1) is 14.8. The molecule has 1 aliphatic carbocycles. The number of carbonyl (C=O) groups excluding carboxylic acids is 1. The van der Waals surface area contributed by atoms with Crippen molar-refractivity contribution in [3.8, 4) is 5.75 Å². The molecule has 0 amide bonds. The third-order valence-electron chi connectivity index (χ3n) is 6.63. The number of aryl methyl sites for hydroxylation is 1. The largest absolute Gasteiger partial charge is 0.871 e. The Hall–Kier alpha value is -3.60. The van der Waals surface area contributed by atoms with Crippen LogP contribution in [0.25, 0.3) is 16.5 Å². The van der Waals surface area contributed by atoms with Gasteiger partial charge in [0.15, 0.2) is 11.5 Å². The van der Waals surface area contributed by atoms with E-state index in [1.807, 2.05) is 67.3 Å². The predicted molar refractivity (Wildman–Crippen MR) is 120 cm³/mol. The molecular formula is C26H24N2O3. The smallest absolute Gasteiger partial charge is 0.209 e. The predicted octanol–water partition coefficient (Wildman–Crippen LogP) is 3.47. The highest BCUT2D eigenvalue weighted by molar-refractivity contribution is 6.41. The van der Waals surface area contributed by atoms with Gasteiger partial charge in [-0.1, -0.05) is 24.0 Å². The van der Waals surface area contributed by atoms with Crippen LogP contribution in [0.2, 0.25) is 0 Å². The van der Waals surface area contributed by atoms with E-state index in [9.17, 15) is 9.90 Å². The zero-order valence-electron chi connectivity index (χ0n) is 18.3. The van der Waals surface area contributed by atoms with Gasteiger partial charge in [0.1, 0.15) is 12.8 Å². The van der Waals surface area contributed by atoms with Crippen LogP contribution in [0.3, 0.4) is 0 Å². The van der Waals surface area contributed by atoms with Gasteiger partial charge in [0, 0.05) is 58.6 Å². The van der Waals surface area contributed by atoms with Crippen LogP contribution in [-0.4, -0.2) is 34.8 Å². The fourth-order valence-electron chi connectivity index (χ4n) is 4.87. The number of Topliss-reactive ketones (excluding diaryl/α,β-unsaturated/α-hetero) is 1. The van der Waals surface area contributed by atoms with Crippen LogP contribution >= 0.6 is 0 Å². The van der Waals surface area contributed by atoms with Gasteiger partial charge in [-0.05, 0) is 32.0 Å². The highest BCUT2D eigenvalue weighted by atomic mass is 16.5. The molecule has 0 bridgehead atoms. The van der Waals surface area contributed by atoms with Gasteiger partial charge < -0.3 is 14.4 Å². The molecule has 0 radical (unpaired) electrons. The van der Waals surface area contributed by atoms with Gasteiger partial charge in [0.2, 0.25) is 5.69 Å². The van der Waals surface area contributed by atoms with E-state index in [2.05, 4.69) is 18.4 Å². The molecule has 2 aromatic carbocycles. The fraction of sp³-hybridized carbons (Fsp3) is 0.231. The molecule has 5 rings (SSSR count). The number of hydrogen-bond acceptors (Lipinski definition) is 3. The Kier molecular flexibility index (Phi) is 4.03. The summed E-state index contributed by atoms with van der Waals surface area (Å²) < 4.78 is 9.40. The summed E-state index contributed by atoms with van der Waals surface area (Å²) in [5.41, 5.74) is 4.96. The Morgan fingerprint density at radius 3 is 2.61 bits per heavy atom. The summed E-state index contributed by atoms with van der Waals surface area (Å²) in [4.78, 5) is 13.1. The average Bonchev–Trinajstić information content (AvgIpc) is 3.18. The van der Waals surface area contributed by atoms with Crippen molar-refractivity contribution in [2.75, 3.05) is 14.2 Å². The van der Waals surface area contributed by atoms with Crippen molar-refractivity contribution in [2.45, 2.75) is 19.3 Å². The standard InChI is InChI=1S/C26H24N2O3/c1-26(2)19-12-15(31-5)10-11-21(19)28(4)22(26)13-17-24(29)23(25(17)30)18-14-27(3)20-9-7-6-8-16(18)20/h6-14H,1-5H3. The zero-order chi connectivity index (χ0) is 22.1. The Morgan fingerprint density at radius 1 is 1.16 bits per heavy atom. The molecule has 1 aromatic heterocycles. The Morgan fingerprint density at radius 2 is 1.90 bits per heavy atom. The van der Waals surface area contributed by atoms with E-state index in [4.69, 9.17) is 4.74 Å². The number of carbonyl (C=O) groups is 1. The molecule has 0 atom stereocenters. The molecule has 0 unspecified atom stereocenters. The van der Waals surface area contributed by atoms with Gasteiger partial charge in [-0.25, -0.2) is 0 Å². The third-order valence-corrected chi connectivity index (χ3v) is 6.63. The molecule has 2 heterocycles. The summed E-state index contributed by atoms with van der Waals surface area (Å²) in [5.74, 6) is 0.412. The van der Waals surface area contributed by atoms with Crippen LogP contribution < -0.4 is 9.84 Å². The molecule has 0 spiro atoms. The van der Waals surface area contributed by atoms with E-state index in [-0.39, 0.29) is 28.1 Å². The first-order valence-corrected chi connectivity index (χ1v) is 10.3. The summed E-state index contributed by atoms with van der Waals surface area (Å²) in [6.07, 6.45) is 3.64. The second-order valence-corrected chi connectivity index (χ2v) is 8.71. The SMILES string of the molecule is COc1ccc2c(c1)C(C)(C)C(/C=C1/C(=O)C(c3cn(C)c4ccccc34)=C1[O-])=[N+]2C. The summed E-state index contributed by atoms with van der Waals surface area (Å²) in [5, 5.41) is 14.0. The highest BCUT2D eigenvalue weighted by Crippen LogP contribution is 2.43. The lowest BCUT2D eigenvalue weighted by atomic mass is 9.77. The molecular weight excluding hydrogens is 388 g/mol. The molecule has 0 N–H and O–H groups in total. The van der Waals surface area contributed by atoms with Crippen LogP contribution in [0.15, 0.2) is 66.1 Å². The van der Waals surface area contributed by atoms with Crippen LogP contribution in [-0.2, 0) is 17.3 Å². The van der Waals surface area contributed by atoms with Crippen molar-refractivity contribution in [1.82, 2.24) is 4.57 Å². The minimum atomic E-state index is -0.360. The molecule has 156 valence electrons. The van der Waals surface area contributed by atoms with Crippen LogP contribution in [0.1, 0.15) is 25.0 Å². The Balaban J connectivity index is 1.61. The van der Waals surface area contributed by atoms with E-state index in [1.54, 1.807) is 13.2 Å². The van der Waals surface area contributed by atoms with E-state index in [1.165, 1.54) is 0 Å². The second kappa shape index (κ2) is 6.45. The fourth-order valence-corrected chi connectivity index (χ4v) is 4.87. The number of allylic oxidation sites excluding steroid dienone is 3. The quantitative estimate of drug-likeness (QED) is 0.489. The number of fused-ring (bicyclic) bond motifs is 2. The normalized spacial score (nSPS) is 18.7. The number of methoxy groups -OCH3 is 1. The first kappa shape index (κ1) is 19.4. The van der Waals surface area contributed by atoms with Crippen molar-refractivity contribution in [3.05, 3.63) is 77.2 Å². The van der Waals surface area contributed by atoms with E-state index in [0.29, 0.717) is 5.56 Å². The minimum Gasteiger partial charge on any atom is -0.871 e. The van der Waals surface area contributed by atoms with Gasteiger partial charge >= 0.3 is 0 Å². The Labute approximate surface area is 181 Å². The lowest BCUT2D eigenvalue weighted by molar-refractivity contribution is -0.401. The number of ether oxygens (including phenoxy) is 1. The number of hydrogen-bond donors (Lipinski definition) is 0.